The van der Waals surface area contributed by atoms with Crippen LogP contribution < -0.4 is 5.32 Å². The molecule has 0 spiro atoms. The van der Waals surface area contributed by atoms with E-state index in [1.54, 1.807) is 6.08 Å². The normalized spacial score (nSPS) is 14.7. The standard InChI is InChI=1S/C31H49NO11/c1-7-8-9-15-18-27(41-24(4)35)19-16-13-11-10-12-14-17-20-28(42-25(5)36)29(43-26(6)37)31(30(38)39,32-22(2)33)21-40-23(3)34/h14,16-17,19,27-29H,7-13,15,18,20-21H2,1-6H3,(H,32,33)(H,38,39)/b17-14+,19-16+/t27-,28-,29+,31+/m1/s1. The first kappa shape index (κ1) is 39.3. The molecule has 4 atom stereocenters. The van der Waals surface area contributed by atoms with Gasteiger partial charge in [0, 0.05) is 41.0 Å². The number of hydrogen-bond donors (Lipinski definition) is 2. The minimum absolute atomic E-state index is 0.0474. The van der Waals surface area contributed by atoms with Gasteiger partial charge in [0.2, 0.25) is 11.4 Å². The highest BCUT2D eigenvalue weighted by Gasteiger charge is 2.54. The minimum Gasteiger partial charge on any atom is -0.479 e. The van der Waals surface area contributed by atoms with Gasteiger partial charge in [-0.15, -0.1) is 0 Å². The molecule has 0 unspecified atom stereocenters. The average Bonchev–Trinajstić information content (AvgIpc) is 2.89. The largest absolute Gasteiger partial charge is 0.479 e. The number of carbonyl (C=O) groups is 6. The third-order valence-electron chi connectivity index (χ3n) is 6.25. The van der Waals surface area contributed by atoms with Gasteiger partial charge in [0.05, 0.1) is 0 Å². The van der Waals surface area contributed by atoms with Gasteiger partial charge in [-0.3, -0.25) is 24.0 Å². The third-order valence-corrected chi connectivity index (χ3v) is 6.25. The van der Waals surface area contributed by atoms with E-state index in [-0.39, 0.29) is 18.5 Å². The zero-order valence-electron chi connectivity index (χ0n) is 26.3. The van der Waals surface area contributed by atoms with Crippen molar-refractivity contribution < 1.29 is 52.8 Å². The fraction of sp³-hybridized carbons (Fsp3) is 0.677. The van der Waals surface area contributed by atoms with Crippen molar-refractivity contribution in [2.75, 3.05) is 6.61 Å². The summed E-state index contributed by atoms with van der Waals surface area (Å²) >= 11 is 0. The van der Waals surface area contributed by atoms with Crippen molar-refractivity contribution in [2.45, 2.75) is 130 Å². The van der Waals surface area contributed by atoms with Gasteiger partial charge in [-0.2, -0.15) is 0 Å². The molecule has 0 aliphatic carbocycles. The lowest BCUT2D eigenvalue weighted by Crippen LogP contribution is -2.68. The lowest BCUT2D eigenvalue weighted by molar-refractivity contribution is -0.186. The summed E-state index contributed by atoms with van der Waals surface area (Å²) in [6, 6.07) is 0. The van der Waals surface area contributed by atoms with Gasteiger partial charge in [0.25, 0.3) is 0 Å². The number of rotatable bonds is 22. The van der Waals surface area contributed by atoms with E-state index in [9.17, 15) is 33.9 Å². The van der Waals surface area contributed by atoms with Crippen LogP contribution in [0, 0.1) is 0 Å². The SMILES string of the molecule is CCCCCC[C@H](/C=C/CCCC/C=C/C[C@@H](OC(C)=O)[C@H](OC(C)=O)[C@](COC(C)=O)(NC(C)=O)C(=O)O)OC(C)=O. The second-order valence-corrected chi connectivity index (χ2v) is 10.3. The van der Waals surface area contributed by atoms with Crippen molar-refractivity contribution in [3.05, 3.63) is 24.3 Å². The molecule has 0 saturated heterocycles. The maximum absolute atomic E-state index is 12.5. The first-order valence-electron chi connectivity index (χ1n) is 14.7. The third kappa shape index (κ3) is 17.8. The summed E-state index contributed by atoms with van der Waals surface area (Å²) < 4.78 is 20.9. The molecule has 0 aromatic rings. The Labute approximate surface area is 254 Å². The maximum atomic E-state index is 12.5. The number of amides is 1. The summed E-state index contributed by atoms with van der Waals surface area (Å²) in [5.41, 5.74) is -2.43. The van der Waals surface area contributed by atoms with Crippen LogP contribution in [0.5, 0.6) is 0 Å². The monoisotopic (exact) mass is 611 g/mol. The number of nitrogens with one attached hydrogen (secondary N) is 1. The summed E-state index contributed by atoms with van der Waals surface area (Å²) in [6.07, 6.45) is 12.4. The van der Waals surface area contributed by atoms with Crippen LogP contribution in [-0.2, 0) is 47.7 Å². The molecular weight excluding hydrogens is 562 g/mol. The highest BCUT2D eigenvalue weighted by molar-refractivity contribution is 5.88. The number of aliphatic carboxylic acids is 1. The fourth-order valence-corrected chi connectivity index (χ4v) is 4.38. The van der Waals surface area contributed by atoms with Crippen LogP contribution in [-0.4, -0.2) is 71.3 Å². The van der Waals surface area contributed by atoms with E-state index in [2.05, 4.69) is 12.2 Å². The summed E-state index contributed by atoms with van der Waals surface area (Å²) in [4.78, 5) is 71.3. The Balaban J connectivity index is 5.45. The van der Waals surface area contributed by atoms with Gasteiger partial charge in [-0.1, -0.05) is 44.4 Å². The highest BCUT2D eigenvalue weighted by atomic mass is 16.6. The number of unbranched alkanes of at least 4 members (excludes halogenated alkanes) is 6. The topological polar surface area (TPSA) is 172 Å². The van der Waals surface area contributed by atoms with Crippen LogP contribution in [0.4, 0.5) is 0 Å². The number of hydrogen-bond acceptors (Lipinski definition) is 10. The van der Waals surface area contributed by atoms with E-state index in [0.29, 0.717) is 6.42 Å². The van der Waals surface area contributed by atoms with Crippen LogP contribution in [0.1, 0.15) is 106 Å². The van der Waals surface area contributed by atoms with E-state index in [1.165, 1.54) is 6.92 Å². The Morgan fingerprint density at radius 2 is 1.35 bits per heavy atom. The Morgan fingerprint density at radius 3 is 1.86 bits per heavy atom. The molecule has 0 aliphatic rings. The van der Waals surface area contributed by atoms with Crippen LogP contribution >= 0.6 is 0 Å². The fourth-order valence-electron chi connectivity index (χ4n) is 4.38. The van der Waals surface area contributed by atoms with Crippen molar-refractivity contribution in [3.8, 4) is 0 Å². The Hall–Kier alpha value is -3.70. The predicted molar refractivity (Wildman–Crippen MR) is 158 cm³/mol. The summed E-state index contributed by atoms with van der Waals surface area (Å²) in [7, 11) is 0. The van der Waals surface area contributed by atoms with Gasteiger partial charge >= 0.3 is 29.8 Å². The molecule has 0 fully saturated rings. The Bertz CT molecular complexity index is 975. The maximum Gasteiger partial charge on any atom is 0.337 e. The lowest BCUT2D eigenvalue weighted by atomic mass is 9.87. The molecule has 0 heterocycles. The molecule has 12 heteroatoms. The molecule has 0 radical (unpaired) electrons. The second-order valence-electron chi connectivity index (χ2n) is 10.3. The number of esters is 4. The lowest BCUT2D eigenvalue weighted by Gasteiger charge is -2.39. The molecule has 1 amide bonds. The van der Waals surface area contributed by atoms with E-state index in [4.69, 9.17) is 18.9 Å². The van der Waals surface area contributed by atoms with E-state index < -0.39 is 54.1 Å². The Kier molecular flexibility index (Phi) is 20.0. The molecule has 43 heavy (non-hydrogen) atoms. The van der Waals surface area contributed by atoms with E-state index in [1.807, 2.05) is 18.2 Å². The Morgan fingerprint density at radius 1 is 0.744 bits per heavy atom. The van der Waals surface area contributed by atoms with Crippen LogP contribution in [0.2, 0.25) is 0 Å². The van der Waals surface area contributed by atoms with Crippen molar-refractivity contribution in [2.24, 2.45) is 0 Å². The first-order chi connectivity index (χ1) is 20.2. The molecule has 0 rings (SSSR count). The predicted octanol–water partition coefficient (Wildman–Crippen LogP) is 4.34. The molecule has 0 aliphatic heterocycles. The highest BCUT2D eigenvalue weighted by Crippen LogP contribution is 2.25. The van der Waals surface area contributed by atoms with E-state index >= 15 is 0 Å². The van der Waals surface area contributed by atoms with Gasteiger partial charge in [0.15, 0.2) is 6.10 Å². The molecule has 0 aromatic heterocycles. The van der Waals surface area contributed by atoms with Gasteiger partial charge in [0.1, 0.15) is 18.8 Å². The zero-order chi connectivity index (χ0) is 32.8. The molecule has 12 nitrogen and oxygen atoms in total. The van der Waals surface area contributed by atoms with Crippen molar-refractivity contribution in [1.82, 2.24) is 5.32 Å². The number of carbonyl (C=O) groups excluding carboxylic acids is 5. The second kappa shape index (κ2) is 21.9. The molecular formula is C31H49NO11. The van der Waals surface area contributed by atoms with Crippen molar-refractivity contribution >= 4 is 35.8 Å². The first-order valence-corrected chi connectivity index (χ1v) is 14.7. The van der Waals surface area contributed by atoms with E-state index in [0.717, 1.165) is 79.1 Å². The molecule has 0 bridgehead atoms. The molecule has 0 aromatic carbocycles. The summed E-state index contributed by atoms with van der Waals surface area (Å²) in [6.45, 7) is 6.92. The minimum atomic E-state index is -2.43. The van der Waals surface area contributed by atoms with Crippen molar-refractivity contribution in [1.29, 1.82) is 0 Å². The van der Waals surface area contributed by atoms with Crippen molar-refractivity contribution in [3.63, 3.8) is 0 Å². The number of allylic oxidation sites excluding steroid dienone is 2. The molecule has 0 saturated carbocycles. The van der Waals surface area contributed by atoms with Crippen LogP contribution in [0.3, 0.4) is 0 Å². The van der Waals surface area contributed by atoms with Crippen LogP contribution in [0.15, 0.2) is 24.3 Å². The smallest absolute Gasteiger partial charge is 0.337 e. The van der Waals surface area contributed by atoms with Gasteiger partial charge in [-0.05, 0) is 44.6 Å². The number of ether oxygens (including phenoxy) is 4. The molecule has 244 valence electrons. The zero-order valence-corrected chi connectivity index (χ0v) is 26.3. The summed E-state index contributed by atoms with van der Waals surface area (Å²) in [5.74, 6) is -5.24. The average molecular weight is 612 g/mol. The number of carboxylic acid groups (broad SMARTS) is 1. The quantitative estimate of drug-likeness (QED) is 0.0772. The van der Waals surface area contributed by atoms with Crippen LogP contribution in [0.25, 0.3) is 0 Å². The molecule has 2 N–H and O–H groups in total. The van der Waals surface area contributed by atoms with Gasteiger partial charge < -0.3 is 29.4 Å². The number of carboxylic acids is 1. The van der Waals surface area contributed by atoms with Gasteiger partial charge in [-0.25, -0.2) is 4.79 Å². The summed E-state index contributed by atoms with van der Waals surface area (Å²) in [5, 5.41) is 12.3.